The number of rotatable bonds is 3. The van der Waals surface area contributed by atoms with Gasteiger partial charge in [0.1, 0.15) is 0 Å². The van der Waals surface area contributed by atoms with Crippen molar-refractivity contribution in [2.75, 3.05) is 31.1 Å². The van der Waals surface area contributed by atoms with Gasteiger partial charge in [0, 0.05) is 36.7 Å². The first kappa shape index (κ1) is 15.7. The van der Waals surface area contributed by atoms with Gasteiger partial charge in [-0.1, -0.05) is 17.7 Å². The number of hydrogen-bond acceptors (Lipinski definition) is 4. The number of thiophene rings is 1. The summed E-state index contributed by atoms with van der Waals surface area (Å²) in [5, 5.41) is 3.04. The van der Waals surface area contributed by atoms with Crippen LogP contribution in [-0.4, -0.2) is 41.0 Å². The van der Waals surface area contributed by atoms with E-state index in [9.17, 15) is 0 Å². The van der Waals surface area contributed by atoms with Crippen molar-refractivity contribution in [1.29, 1.82) is 0 Å². The first-order valence-electron chi connectivity index (χ1n) is 8.03. The summed E-state index contributed by atoms with van der Waals surface area (Å²) >= 11 is 10.5. The van der Waals surface area contributed by atoms with E-state index in [0.717, 1.165) is 41.4 Å². The topological polar surface area (TPSA) is 16.1 Å². The number of thioether (sulfide) groups is 1. The Labute approximate surface area is 150 Å². The van der Waals surface area contributed by atoms with Crippen LogP contribution in [-0.2, 0) is 6.42 Å². The molecule has 0 bridgehead atoms. The third kappa shape index (κ3) is 3.36. The van der Waals surface area contributed by atoms with Gasteiger partial charge in [-0.3, -0.25) is 9.88 Å². The quantitative estimate of drug-likeness (QED) is 0.783. The molecule has 4 rings (SSSR count). The molecular formula is C18H19ClN2S2. The minimum absolute atomic E-state index is 0.940. The molecule has 0 atom stereocenters. The highest BCUT2D eigenvalue weighted by atomic mass is 35.5. The monoisotopic (exact) mass is 362 g/mol. The standard InChI is InChI=1S/C18H19ClN2S2/c19-18-13(12-21-7-10-22-11-8-21)3-5-15-14(18)4-6-16(20-15)17-2-1-9-23-17/h1-2,4,6,9H,3,5,7-8,10-12H2. The fourth-order valence-corrected chi connectivity index (χ4v) is 5.20. The Kier molecular flexibility index (Phi) is 4.76. The Morgan fingerprint density at radius 3 is 2.78 bits per heavy atom. The van der Waals surface area contributed by atoms with E-state index in [1.165, 1.54) is 35.0 Å². The number of aryl methyl sites for hydroxylation is 1. The molecule has 0 aromatic carbocycles. The van der Waals surface area contributed by atoms with Crippen LogP contribution in [0.1, 0.15) is 17.7 Å². The molecule has 2 aromatic heterocycles. The predicted octanol–water partition coefficient (Wildman–Crippen LogP) is 4.76. The Morgan fingerprint density at radius 2 is 2.00 bits per heavy atom. The third-order valence-corrected chi connectivity index (χ3v) is 6.78. The van der Waals surface area contributed by atoms with Crippen molar-refractivity contribution >= 4 is 39.7 Å². The van der Waals surface area contributed by atoms with Gasteiger partial charge in [0.05, 0.1) is 21.3 Å². The molecule has 0 saturated carbocycles. The molecule has 0 amide bonds. The maximum absolute atomic E-state index is 6.72. The second-order valence-corrected chi connectivity index (χ2v) is 8.52. The van der Waals surface area contributed by atoms with Crippen molar-refractivity contribution in [3.05, 3.63) is 46.5 Å². The normalized spacial score (nSPS) is 19.0. The SMILES string of the molecule is ClC1=C(CN2CCSCC2)CCc2nc(-c3cccs3)ccc21. The van der Waals surface area contributed by atoms with Crippen LogP contribution in [0.2, 0.25) is 0 Å². The number of hydrogen-bond donors (Lipinski definition) is 0. The van der Waals surface area contributed by atoms with Gasteiger partial charge in [0.15, 0.2) is 0 Å². The molecule has 0 unspecified atom stereocenters. The fourth-order valence-electron chi connectivity index (χ4n) is 3.20. The molecule has 2 aromatic rings. The van der Waals surface area contributed by atoms with Gasteiger partial charge in [-0.2, -0.15) is 11.8 Å². The molecular weight excluding hydrogens is 344 g/mol. The lowest BCUT2D eigenvalue weighted by atomic mass is 9.95. The number of fused-ring (bicyclic) bond motifs is 1. The maximum Gasteiger partial charge on any atom is 0.0805 e. The van der Waals surface area contributed by atoms with Crippen LogP contribution in [0.3, 0.4) is 0 Å². The van der Waals surface area contributed by atoms with E-state index in [-0.39, 0.29) is 0 Å². The van der Waals surface area contributed by atoms with Crippen LogP contribution in [0, 0.1) is 0 Å². The first-order valence-corrected chi connectivity index (χ1v) is 10.4. The largest absolute Gasteiger partial charge is 0.298 e. The van der Waals surface area contributed by atoms with E-state index in [2.05, 4.69) is 46.3 Å². The first-order chi connectivity index (χ1) is 11.3. The van der Waals surface area contributed by atoms with Crippen LogP contribution < -0.4 is 0 Å². The minimum atomic E-state index is 0.940. The molecule has 5 heteroatoms. The smallest absolute Gasteiger partial charge is 0.0805 e. The van der Waals surface area contributed by atoms with Crippen LogP contribution in [0.4, 0.5) is 0 Å². The highest BCUT2D eigenvalue weighted by molar-refractivity contribution is 7.99. The lowest BCUT2D eigenvalue weighted by Gasteiger charge is -2.29. The summed E-state index contributed by atoms with van der Waals surface area (Å²) < 4.78 is 0. The molecule has 0 spiro atoms. The molecule has 120 valence electrons. The zero-order valence-corrected chi connectivity index (χ0v) is 15.3. The highest BCUT2D eigenvalue weighted by Crippen LogP contribution is 2.35. The Bertz CT molecular complexity index is 719. The molecule has 1 aliphatic carbocycles. The van der Waals surface area contributed by atoms with Crippen molar-refractivity contribution in [3.63, 3.8) is 0 Å². The molecule has 2 nitrogen and oxygen atoms in total. The summed E-state index contributed by atoms with van der Waals surface area (Å²) in [5.74, 6) is 2.49. The van der Waals surface area contributed by atoms with E-state index in [1.807, 2.05) is 0 Å². The van der Waals surface area contributed by atoms with Gasteiger partial charge >= 0.3 is 0 Å². The lowest BCUT2D eigenvalue weighted by Crippen LogP contribution is -2.34. The summed E-state index contributed by atoms with van der Waals surface area (Å²) in [6, 6.07) is 8.46. The fraction of sp³-hybridized carbons (Fsp3) is 0.389. The lowest BCUT2D eigenvalue weighted by molar-refractivity contribution is 0.325. The van der Waals surface area contributed by atoms with Crippen LogP contribution in [0.15, 0.2) is 35.2 Å². The second-order valence-electron chi connectivity index (χ2n) is 5.97. The summed E-state index contributed by atoms with van der Waals surface area (Å²) in [6.45, 7) is 3.38. The summed E-state index contributed by atoms with van der Waals surface area (Å²) in [7, 11) is 0. The summed E-state index contributed by atoms with van der Waals surface area (Å²) in [5.41, 5.74) is 4.75. The molecule has 1 fully saturated rings. The number of halogens is 1. The third-order valence-electron chi connectivity index (χ3n) is 4.48. The van der Waals surface area contributed by atoms with Gasteiger partial charge in [-0.05, 0) is 42.0 Å². The van der Waals surface area contributed by atoms with Crippen molar-refractivity contribution in [2.45, 2.75) is 12.8 Å². The molecule has 0 radical (unpaired) electrons. The number of nitrogens with zero attached hydrogens (tertiary/aromatic N) is 2. The van der Waals surface area contributed by atoms with Crippen LogP contribution >= 0.6 is 34.7 Å². The van der Waals surface area contributed by atoms with Crippen LogP contribution in [0.25, 0.3) is 15.6 Å². The van der Waals surface area contributed by atoms with Crippen molar-refractivity contribution in [1.82, 2.24) is 9.88 Å². The molecule has 2 aliphatic rings. The highest BCUT2D eigenvalue weighted by Gasteiger charge is 2.22. The average Bonchev–Trinajstić information content (AvgIpc) is 3.13. The van der Waals surface area contributed by atoms with Gasteiger partial charge < -0.3 is 0 Å². The van der Waals surface area contributed by atoms with Crippen LogP contribution in [0.5, 0.6) is 0 Å². The Morgan fingerprint density at radius 1 is 1.13 bits per heavy atom. The maximum atomic E-state index is 6.72. The van der Waals surface area contributed by atoms with E-state index in [4.69, 9.17) is 16.6 Å². The van der Waals surface area contributed by atoms with Gasteiger partial charge in [0.2, 0.25) is 0 Å². The molecule has 0 N–H and O–H groups in total. The van der Waals surface area contributed by atoms with Crippen molar-refractivity contribution in [2.24, 2.45) is 0 Å². The van der Waals surface area contributed by atoms with E-state index in [1.54, 1.807) is 11.3 Å². The zero-order valence-electron chi connectivity index (χ0n) is 12.9. The van der Waals surface area contributed by atoms with E-state index in [0.29, 0.717) is 0 Å². The van der Waals surface area contributed by atoms with Crippen molar-refractivity contribution < 1.29 is 0 Å². The number of aromatic nitrogens is 1. The molecule has 3 heterocycles. The Balaban J connectivity index is 1.59. The summed E-state index contributed by atoms with van der Waals surface area (Å²) in [6.07, 6.45) is 2.04. The summed E-state index contributed by atoms with van der Waals surface area (Å²) in [4.78, 5) is 8.62. The molecule has 1 saturated heterocycles. The Hall–Kier alpha value is -0.810. The average molecular weight is 363 g/mol. The van der Waals surface area contributed by atoms with Gasteiger partial charge in [0.25, 0.3) is 0 Å². The number of pyridine rings is 1. The van der Waals surface area contributed by atoms with E-state index < -0.39 is 0 Å². The predicted molar refractivity (Wildman–Crippen MR) is 102 cm³/mol. The molecule has 1 aliphatic heterocycles. The van der Waals surface area contributed by atoms with Gasteiger partial charge in [-0.25, -0.2) is 0 Å². The van der Waals surface area contributed by atoms with E-state index >= 15 is 0 Å². The minimum Gasteiger partial charge on any atom is -0.298 e. The second kappa shape index (κ2) is 6.98. The van der Waals surface area contributed by atoms with Gasteiger partial charge in [-0.15, -0.1) is 11.3 Å². The zero-order chi connectivity index (χ0) is 15.6. The molecule has 23 heavy (non-hydrogen) atoms. The van der Waals surface area contributed by atoms with Crippen molar-refractivity contribution in [3.8, 4) is 10.6 Å².